The van der Waals surface area contributed by atoms with Crippen LogP contribution in [0, 0.1) is 0 Å². The predicted molar refractivity (Wildman–Crippen MR) is 31.4 cm³/mol. The summed E-state index contributed by atoms with van der Waals surface area (Å²) in [4.78, 5) is 18.4. The molecule has 0 aliphatic carbocycles. The van der Waals surface area contributed by atoms with E-state index < -0.39 is 25.7 Å². The molecule has 11 heteroatoms. The summed E-state index contributed by atoms with van der Waals surface area (Å²) in [5.41, 5.74) is 0. The van der Waals surface area contributed by atoms with Gasteiger partial charge < -0.3 is 14.9 Å². The third-order valence-corrected chi connectivity index (χ3v) is 0.175. The molecule has 92 valence electrons. The summed E-state index contributed by atoms with van der Waals surface area (Å²) >= 11 is 0. The third kappa shape index (κ3) is 244. The number of carboxylic acid groups (broad SMARTS) is 2. The Morgan fingerprint density at radius 3 is 0.933 bits per heavy atom. The topological polar surface area (TPSA) is 83.8 Å². The van der Waals surface area contributed by atoms with E-state index in [4.69, 9.17) is 10.2 Å². The zero-order valence-corrected chi connectivity index (χ0v) is 6.54. The second-order valence-electron chi connectivity index (χ2n) is 1.13. The van der Waals surface area contributed by atoms with Crippen LogP contribution in [0.3, 0.4) is 0 Å². The molecule has 0 saturated heterocycles. The van der Waals surface area contributed by atoms with Crippen molar-refractivity contribution in [1.29, 1.82) is 0 Å². The first-order chi connectivity index (χ1) is 6.59. The molecule has 0 fully saturated rings. The van der Waals surface area contributed by atoms with E-state index in [0.717, 1.165) is 0 Å². The predicted octanol–water partition coefficient (Wildman–Crippen LogP) is 2.72. The van der Waals surface area contributed by atoms with Gasteiger partial charge in [0.1, 0.15) is 0 Å². The fraction of sp³-hybridized carbons (Fsp3) is 0.500. The van der Waals surface area contributed by atoms with E-state index in [1.54, 1.807) is 0 Å². The van der Waals surface area contributed by atoms with Gasteiger partial charge in [0.15, 0.2) is 0 Å². The van der Waals surface area contributed by atoms with Gasteiger partial charge in [0.05, 0.1) is 0 Å². The van der Waals surface area contributed by atoms with Crippen LogP contribution in [0.2, 0.25) is 0 Å². The molecule has 0 saturated carbocycles. The van der Waals surface area contributed by atoms with Crippen LogP contribution >= 0.6 is 0 Å². The maximum absolute atomic E-state index is 9.67. The Balaban J connectivity index is -0.000000155. The van der Waals surface area contributed by atoms with Gasteiger partial charge in [-0.2, -0.15) is 26.3 Å². The Labute approximate surface area is 77.9 Å². The van der Waals surface area contributed by atoms with Crippen molar-refractivity contribution < 1.29 is 50.9 Å². The maximum Gasteiger partial charge on any atom is 0.516 e. The van der Waals surface area contributed by atoms with E-state index in [1.165, 1.54) is 0 Å². The number of hydrogen-bond acceptors (Lipinski definition) is 3. The number of ether oxygens (including phenoxy) is 1. The average Bonchev–Trinajstić information content (AvgIpc) is 1.78. The molecule has 0 heterocycles. The van der Waals surface area contributed by atoms with Gasteiger partial charge >= 0.3 is 25.7 Å². The summed E-state index contributed by atoms with van der Waals surface area (Å²) in [7, 11) is 0. The monoisotopic (exact) mass is 246 g/mol. The molecule has 2 N–H and O–H groups in total. The fourth-order valence-corrected chi connectivity index (χ4v) is 0.0747. The van der Waals surface area contributed by atoms with Gasteiger partial charge in [0.2, 0.25) is 0 Å². The minimum Gasteiger partial charge on any atom is -0.449 e. The van der Waals surface area contributed by atoms with Crippen LogP contribution in [0.1, 0.15) is 0 Å². The molecular formula is C4H4F6O5. The standard InChI is InChI=1S/C2H2O5.2CHF3/c3-1(4)7-2(5)6;2*2-1(3)4/h(H,3,4)(H,5,6);2*1H. The summed E-state index contributed by atoms with van der Waals surface area (Å²) < 4.78 is 61.1. The number of halogens is 6. The zero-order valence-electron chi connectivity index (χ0n) is 6.54. The lowest BCUT2D eigenvalue weighted by atomic mass is 11.3. The normalized spacial score (nSPS) is 8.27. The van der Waals surface area contributed by atoms with Crippen LogP contribution < -0.4 is 0 Å². The summed E-state index contributed by atoms with van der Waals surface area (Å²) in [6.07, 6.45) is -3.62. The number of rotatable bonds is 0. The first kappa shape index (κ1) is 19.0. The van der Waals surface area contributed by atoms with E-state index in [-0.39, 0.29) is 0 Å². The molecule has 0 amide bonds. The largest absolute Gasteiger partial charge is 0.516 e. The van der Waals surface area contributed by atoms with Crippen LogP contribution in [0.5, 0.6) is 0 Å². The summed E-state index contributed by atoms with van der Waals surface area (Å²) in [5, 5.41) is 15.0. The smallest absolute Gasteiger partial charge is 0.449 e. The minimum absolute atomic E-state index is 1.81. The van der Waals surface area contributed by atoms with Gasteiger partial charge in [-0.1, -0.05) is 0 Å². The second-order valence-corrected chi connectivity index (χ2v) is 1.13. The Hall–Kier alpha value is -1.68. The molecule has 15 heavy (non-hydrogen) atoms. The molecule has 0 aromatic carbocycles. The van der Waals surface area contributed by atoms with E-state index >= 15 is 0 Å². The van der Waals surface area contributed by atoms with Gasteiger partial charge in [-0.25, -0.2) is 9.59 Å². The van der Waals surface area contributed by atoms with Crippen molar-refractivity contribution in [2.45, 2.75) is 13.4 Å². The van der Waals surface area contributed by atoms with Crippen molar-refractivity contribution in [3.05, 3.63) is 0 Å². The van der Waals surface area contributed by atoms with Crippen molar-refractivity contribution in [3.63, 3.8) is 0 Å². The highest BCUT2D eigenvalue weighted by atomic mass is 19.4. The Morgan fingerprint density at radius 2 is 0.933 bits per heavy atom. The SMILES string of the molecule is FC(F)F.FC(F)F.O=C(O)OC(=O)O. The molecular weight excluding hydrogens is 242 g/mol. The summed E-state index contributed by atoms with van der Waals surface area (Å²) in [6.45, 7) is -7.33. The van der Waals surface area contributed by atoms with Crippen LogP contribution in [0.25, 0.3) is 0 Å². The fourth-order valence-electron chi connectivity index (χ4n) is 0.0747. The maximum atomic E-state index is 9.67. The number of alkyl halides is 6. The highest BCUT2D eigenvalue weighted by Crippen LogP contribution is 1.87. The molecule has 0 aliphatic rings. The molecule has 0 radical (unpaired) electrons. The first-order valence-electron chi connectivity index (χ1n) is 2.57. The minimum atomic E-state index is -3.67. The van der Waals surface area contributed by atoms with Crippen LogP contribution in [-0.4, -0.2) is 35.9 Å². The third-order valence-electron chi connectivity index (χ3n) is 0.175. The number of hydrogen-bond donors (Lipinski definition) is 2. The quantitative estimate of drug-likeness (QED) is 0.390. The van der Waals surface area contributed by atoms with E-state index in [1.807, 2.05) is 0 Å². The van der Waals surface area contributed by atoms with Gasteiger partial charge in [0, 0.05) is 0 Å². The van der Waals surface area contributed by atoms with Crippen molar-refractivity contribution >= 4 is 12.3 Å². The second kappa shape index (κ2) is 12.3. The van der Waals surface area contributed by atoms with Crippen LogP contribution in [0.15, 0.2) is 0 Å². The highest BCUT2D eigenvalue weighted by Gasteiger charge is 2.01. The lowest BCUT2D eigenvalue weighted by Crippen LogP contribution is -2.05. The molecule has 0 rings (SSSR count). The number of carbonyl (C=O) groups is 2. The first-order valence-corrected chi connectivity index (χ1v) is 2.57. The summed E-state index contributed by atoms with van der Waals surface area (Å²) in [5.74, 6) is 0. The molecule has 5 nitrogen and oxygen atoms in total. The summed E-state index contributed by atoms with van der Waals surface area (Å²) in [6, 6.07) is 0. The van der Waals surface area contributed by atoms with Crippen molar-refractivity contribution in [2.24, 2.45) is 0 Å². The van der Waals surface area contributed by atoms with Gasteiger partial charge in [-0.3, -0.25) is 0 Å². The molecule has 0 aliphatic heterocycles. The van der Waals surface area contributed by atoms with Crippen LogP contribution in [0.4, 0.5) is 35.9 Å². The molecule has 0 bridgehead atoms. The van der Waals surface area contributed by atoms with E-state index in [0.29, 0.717) is 0 Å². The Morgan fingerprint density at radius 1 is 0.800 bits per heavy atom. The zero-order chi connectivity index (χ0) is 13.0. The van der Waals surface area contributed by atoms with Gasteiger partial charge in [-0.05, 0) is 0 Å². The molecule has 0 unspecified atom stereocenters. The highest BCUT2D eigenvalue weighted by molar-refractivity contribution is 5.74. The Kier molecular flexibility index (Phi) is 15.6. The van der Waals surface area contributed by atoms with E-state index in [2.05, 4.69) is 4.74 Å². The lowest BCUT2D eigenvalue weighted by Gasteiger charge is -1.84. The Bertz CT molecular complexity index is 149. The van der Waals surface area contributed by atoms with E-state index in [9.17, 15) is 35.9 Å². The molecule has 0 spiro atoms. The molecule has 0 aromatic heterocycles. The van der Waals surface area contributed by atoms with Crippen molar-refractivity contribution in [1.82, 2.24) is 0 Å². The van der Waals surface area contributed by atoms with Crippen molar-refractivity contribution in [3.8, 4) is 0 Å². The molecule has 0 atom stereocenters. The van der Waals surface area contributed by atoms with Gasteiger partial charge in [-0.15, -0.1) is 0 Å². The van der Waals surface area contributed by atoms with Crippen LogP contribution in [-0.2, 0) is 4.74 Å². The van der Waals surface area contributed by atoms with Gasteiger partial charge in [0.25, 0.3) is 0 Å². The lowest BCUT2D eigenvalue weighted by molar-refractivity contribution is 0.00734. The van der Waals surface area contributed by atoms with Crippen molar-refractivity contribution in [2.75, 3.05) is 0 Å². The average molecular weight is 246 g/mol. The molecule has 0 aromatic rings.